The molecule has 27 rings (SSSR count). The van der Waals surface area contributed by atoms with E-state index in [1.807, 2.05) is 0 Å². The molecule has 0 atom stereocenters. The highest BCUT2D eigenvalue weighted by molar-refractivity contribution is 6.18. The number of para-hydroxylation sites is 8. The summed E-state index contributed by atoms with van der Waals surface area (Å²) < 4.78 is 14.4. The second-order valence-electron chi connectivity index (χ2n) is 34.7. The molecule has 0 saturated carbocycles. The van der Waals surface area contributed by atoms with E-state index in [0.717, 1.165) is 172 Å². The van der Waals surface area contributed by atoms with Gasteiger partial charge in [0.05, 0.1) is 71.9 Å². The van der Waals surface area contributed by atoms with E-state index in [2.05, 4.69) is 501 Å². The van der Waals surface area contributed by atoms with E-state index < -0.39 is 0 Å². The van der Waals surface area contributed by atoms with Crippen molar-refractivity contribution in [1.29, 1.82) is 0 Å². The van der Waals surface area contributed by atoms with E-state index in [0.29, 0.717) is 5.82 Å². The smallest absolute Gasteiger partial charge is 0.162 e. The van der Waals surface area contributed by atoms with Gasteiger partial charge in [-0.2, -0.15) is 0 Å². The van der Waals surface area contributed by atoms with Gasteiger partial charge in [0.1, 0.15) is 5.82 Å². The van der Waals surface area contributed by atoms with Crippen LogP contribution < -0.4 is 0 Å². The van der Waals surface area contributed by atoms with Crippen LogP contribution >= 0.6 is 0 Å². The largest absolute Gasteiger partial charge is 0.309 e. The molecule has 0 fully saturated rings. The van der Waals surface area contributed by atoms with Crippen LogP contribution in [0.15, 0.2) is 473 Å². The number of benzene rings is 20. The minimum absolute atomic E-state index is 0.582. The van der Waals surface area contributed by atoms with Crippen LogP contribution in [0, 0.1) is 0 Å². The van der Waals surface area contributed by atoms with E-state index in [-0.39, 0.29) is 0 Å². The van der Waals surface area contributed by atoms with Crippen molar-refractivity contribution in [2.45, 2.75) is 0 Å². The molecule has 0 aliphatic carbocycles. The summed E-state index contributed by atoms with van der Waals surface area (Å²) in [5.74, 6) is 1.31. The van der Waals surface area contributed by atoms with Gasteiger partial charge in [0.25, 0.3) is 0 Å². The van der Waals surface area contributed by atoms with Crippen molar-refractivity contribution in [3.63, 3.8) is 0 Å². The van der Waals surface area contributed by atoms with E-state index in [9.17, 15) is 0 Å². The lowest BCUT2D eigenvalue weighted by atomic mass is 9.89. The van der Waals surface area contributed by atoms with Gasteiger partial charge in [-0.3, -0.25) is 4.57 Å². The van der Waals surface area contributed by atoms with Gasteiger partial charge in [-0.25, -0.2) is 9.97 Å². The summed E-state index contributed by atoms with van der Waals surface area (Å²) in [5.41, 5.74) is 35.0. The highest BCUT2D eigenvalue weighted by atomic mass is 15.1. The summed E-state index contributed by atoms with van der Waals surface area (Å²) >= 11 is 0. The number of rotatable bonds is 14. The Morgan fingerprint density at radius 1 is 0.136 bits per heavy atom. The number of aromatic nitrogens is 8. The van der Waals surface area contributed by atoms with Crippen LogP contribution in [0.4, 0.5) is 0 Å². The lowest BCUT2D eigenvalue weighted by Crippen LogP contribution is -2.04. The number of nitrogens with zero attached hydrogens (tertiary/aromatic N) is 8. The lowest BCUT2D eigenvalue weighted by Gasteiger charge is -2.18. The van der Waals surface area contributed by atoms with Crippen molar-refractivity contribution >= 4 is 131 Å². The molecule has 132 heavy (non-hydrogen) atoms. The fourth-order valence-corrected chi connectivity index (χ4v) is 21.5. The summed E-state index contributed by atoms with van der Waals surface area (Å²) in [6.45, 7) is 0. The SMILES string of the molecule is c1ccc(-c2cccc(-c3ccccc3)c2-c2cc(-n3c4ccc(-c5ccc6c(c5)c5ccccc5n6-c5ccccc5)cc4c4cc(-c5ccc6c(c5)c5ccccc5n6-c5ccccc5)ccc43)nc(-c3cccc(-n4c5ccc(-c6ccc7c(c6)c6ccccc6n7-c6ccccc6)cc5c5cc(-c6ccc7c(c6)c6ccccc6n7-c6ccccc6)ccc54)c3)n2)cc1. The van der Waals surface area contributed by atoms with E-state index in [4.69, 9.17) is 9.97 Å². The maximum absolute atomic E-state index is 6.01. The highest BCUT2D eigenvalue weighted by Crippen LogP contribution is 2.48. The topological polar surface area (TPSA) is 55.4 Å². The molecule has 8 heteroatoms. The first kappa shape index (κ1) is 74.5. The van der Waals surface area contributed by atoms with Gasteiger partial charge in [0, 0.05) is 110 Å². The quantitative estimate of drug-likeness (QED) is 0.109. The Morgan fingerprint density at radius 3 is 0.667 bits per heavy atom. The predicted molar refractivity (Wildman–Crippen MR) is 552 cm³/mol. The van der Waals surface area contributed by atoms with Crippen molar-refractivity contribution in [1.82, 2.24) is 37.4 Å². The third-order valence-electron chi connectivity index (χ3n) is 27.4. The molecular formula is C124H78N8. The van der Waals surface area contributed by atoms with E-state index >= 15 is 0 Å². The fourth-order valence-electron chi connectivity index (χ4n) is 21.5. The third-order valence-corrected chi connectivity index (χ3v) is 27.4. The van der Waals surface area contributed by atoms with Gasteiger partial charge in [0.2, 0.25) is 0 Å². The molecule has 0 aliphatic heterocycles. The maximum atomic E-state index is 6.01. The highest BCUT2D eigenvalue weighted by Gasteiger charge is 2.27. The number of hydrogen-bond acceptors (Lipinski definition) is 2. The standard InChI is InChI=1S/C124H78N8/c1-7-29-79(30-8-1)95-47-28-48-96(80-31-9-2-10-32-80)123(95)109-78-122(132-120-67-59-87(83-55-63-116-103(72-83)99-45-21-25-51-112(99)129(116)92-38-15-5-16-39-92)76-107(120)108-77-88(60-68-121(108)132)84-56-64-117-104(73-84)100-46-22-26-52-113(100)130(117)93-40-17-6-18-41-93)126-124(125-109)89-33-27-42-94(69-89)131-118-65-57-85(81-53-61-114-101(70-81)97-43-19-23-49-110(97)127(114)90-34-11-3-12-35-90)74-105(118)106-75-86(58-66-119(106)131)82-54-62-115-102(71-82)98-44-20-24-50-111(98)128(115)91-36-13-4-14-37-91/h1-78H. The summed E-state index contributed by atoms with van der Waals surface area (Å²) in [7, 11) is 0. The molecule has 0 amide bonds. The van der Waals surface area contributed by atoms with Gasteiger partial charge in [-0.1, -0.05) is 285 Å². The molecule has 0 unspecified atom stereocenters. The van der Waals surface area contributed by atoms with Gasteiger partial charge >= 0.3 is 0 Å². The average Bonchev–Trinajstić information content (AvgIpc) is 1.06. The van der Waals surface area contributed by atoms with Crippen LogP contribution in [0.3, 0.4) is 0 Å². The van der Waals surface area contributed by atoms with Gasteiger partial charge in [-0.15, -0.1) is 0 Å². The number of fused-ring (bicyclic) bond motifs is 18. The zero-order valence-electron chi connectivity index (χ0n) is 71.6. The van der Waals surface area contributed by atoms with Crippen LogP contribution in [0.5, 0.6) is 0 Å². The summed E-state index contributed by atoms with van der Waals surface area (Å²) in [6, 6.07) is 174. The molecule has 0 saturated heterocycles. The zero-order valence-corrected chi connectivity index (χ0v) is 71.6. The Hall–Kier alpha value is -17.7. The molecule has 8 nitrogen and oxygen atoms in total. The van der Waals surface area contributed by atoms with Crippen molar-refractivity contribution in [2.75, 3.05) is 0 Å². The normalized spacial score (nSPS) is 11.9. The Morgan fingerprint density at radius 2 is 0.364 bits per heavy atom. The van der Waals surface area contributed by atoms with Gasteiger partial charge < -0.3 is 22.8 Å². The fraction of sp³-hybridized carbons (Fsp3) is 0. The molecule has 0 aliphatic rings. The van der Waals surface area contributed by atoms with Crippen LogP contribution in [-0.4, -0.2) is 37.4 Å². The monoisotopic (exact) mass is 1680 g/mol. The minimum atomic E-state index is 0.582. The molecule has 0 spiro atoms. The first-order valence-electron chi connectivity index (χ1n) is 45.2. The van der Waals surface area contributed by atoms with E-state index in [1.165, 1.54) is 76.2 Å². The Balaban J connectivity index is 0.675. The molecule has 7 aromatic heterocycles. The summed E-state index contributed by atoms with van der Waals surface area (Å²) in [5, 5.41) is 14.1. The Bertz CT molecular complexity index is 8890. The van der Waals surface area contributed by atoms with Crippen molar-refractivity contribution in [2.24, 2.45) is 0 Å². The molecule has 614 valence electrons. The predicted octanol–water partition coefficient (Wildman–Crippen LogP) is 32.4. The summed E-state index contributed by atoms with van der Waals surface area (Å²) in [6.07, 6.45) is 0. The van der Waals surface area contributed by atoms with Crippen molar-refractivity contribution in [3.8, 4) is 124 Å². The second kappa shape index (κ2) is 30.0. The van der Waals surface area contributed by atoms with Crippen molar-refractivity contribution in [3.05, 3.63) is 473 Å². The number of hydrogen-bond donors (Lipinski definition) is 0. The lowest BCUT2D eigenvalue weighted by molar-refractivity contribution is 1.05. The molecule has 0 N–H and O–H groups in total. The van der Waals surface area contributed by atoms with Crippen LogP contribution in [0.2, 0.25) is 0 Å². The van der Waals surface area contributed by atoms with E-state index in [1.54, 1.807) is 0 Å². The Kier molecular flexibility index (Phi) is 16.9. The third kappa shape index (κ3) is 11.9. The zero-order chi connectivity index (χ0) is 86.6. The van der Waals surface area contributed by atoms with Gasteiger partial charge in [0.15, 0.2) is 5.82 Å². The first-order valence-corrected chi connectivity index (χ1v) is 45.2. The van der Waals surface area contributed by atoms with Crippen LogP contribution in [0.1, 0.15) is 0 Å². The summed E-state index contributed by atoms with van der Waals surface area (Å²) in [4.78, 5) is 12.0. The van der Waals surface area contributed by atoms with Crippen LogP contribution in [-0.2, 0) is 0 Å². The molecule has 20 aromatic carbocycles. The molecule has 0 bridgehead atoms. The Labute approximate surface area is 759 Å². The van der Waals surface area contributed by atoms with Crippen LogP contribution in [0.25, 0.3) is 254 Å². The average molecular weight is 1680 g/mol. The molecule has 27 aromatic rings. The molecular weight excluding hydrogens is 1600 g/mol. The van der Waals surface area contributed by atoms with Gasteiger partial charge in [-0.05, 0) is 249 Å². The minimum Gasteiger partial charge on any atom is -0.309 e. The second-order valence-corrected chi connectivity index (χ2v) is 34.7. The first-order chi connectivity index (χ1) is 65.5. The molecule has 7 heterocycles. The van der Waals surface area contributed by atoms with Crippen molar-refractivity contribution < 1.29 is 0 Å². The maximum Gasteiger partial charge on any atom is 0.162 e. The molecule has 0 radical (unpaired) electrons.